The Kier molecular flexibility index (Phi) is 2.65. The molecule has 0 unspecified atom stereocenters. The van der Waals surface area contributed by atoms with Gasteiger partial charge in [-0.15, -0.1) is 5.10 Å². The zero-order chi connectivity index (χ0) is 11.7. The van der Waals surface area contributed by atoms with Crippen molar-refractivity contribution in [1.29, 1.82) is 0 Å². The van der Waals surface area contributed by atoms with E-state index in [1.54, 1.807) is 6.20 Å². The smallest absolute Gasteiger partial charge is 0.244 e. The molecule has 0 bridgehead atoms. The van der Waals surface area contributed by atoms with Gasteiger partial charge in [-0.25, -0.2) is 0 Å². The Morgan fingerprint density at radius 1 is 1.18 bits per heavy atom. The fourth-order valence-corrected chi connectivity index (χ4v) is 2.27. The predicted molar refractivity (Wildman–Crippen MR) is 66.6 cm³/mol. The molecule has 1 N–H and O–H groups in total. The maximum Gasteiger partial charge on any atom is 0.244 e. The summed E-state index contributed by atoms with van der Waals surface area (Å²) in [4.78, 5) is 4.04. The molecule has 0 aliphatic heterocycles. The minimum Gasteiger partial charge on any atom is -0.339 e. The fraction of sp³-hybridized carbons (Fsp3) is 0.250. The topological polar surface area (TPSA) is 50.7 Å². The number of nitrogens with one attached hydrogen (secondary N) is 1. The van der Waals surface area contributed by atoms with Crippen LogP contribution in [0.1, 0.15) is 17.5 Å². The molecule has 0 saturated carbocycles. The molecule has 5 heteroatoms. The number of aromatic nitrogens is 3. The van der Waals surface area contributed by atoms with E-state index in [4.69, 9.17) is 11.6 Å². The molecule has 0 amide bonds. The normalized spacial score (nSPS) is 13.5. The molecule has 86 valence electrons. The highest BCUT2D eigenvalue weighted by Gasteiger charge is 2.10. The number of anilines is 2. The molecule has 1 heterocycles. The van der Waals surface area contributed by atoms with Gasteiger partial charge >= 0.3 is 0 Å². The number of nitrogens with zero attached hydrogens (tertiary/aromatic N) is 3. The summed E-state index contributed by atoms with van der Waals surface area (Å²) in [6.45, 7) is 0. The molecule has 1 aliphatic carbocycles. The Morgan fingerprint density at radius 2 is 2.06 bits per heavy atom. The third kappa shape index (κ3) is 2.22. The van der Waals surface area contributed by atoms with Crippen LogP contribution in [0, 0.1) is 0 Å². The van der Waals surface area contributed by atoms with Crippen LogP contribution >= 0.6 is 11.6 Å². The molecular weight excluding hydrogens is 236 g/mol. The number of hydrogen-bond donors (Lipinski definition) is 1. The summed E-state index contributed by atoms with van der Waals surface area (Å²) in [7, 11) is 0. The summed E-state index contributed by atoms with van der Waals surface area (Å²) in [6.07, 6.45) is 5.16. The van der Waals surface area contributed by atoms with Crippen LogP contribution in [-0.2, 0) is 12.8 Å². The second-order valence-corrected chi connectivity index (χ2v) is 4.41. The van der Waals surface area contributed by atoms with E-state index in [1.165, 1.54) is 24.0 Å². The van der Waals surface area contributed by atoms with Gasteiger partial charge in [0.05, 0.1) is 6.20 Å². The zero-order valence-corrected chi connectivity index (χ0v) is 9.91. The van der Waals surface area contributed by atoms with Gasteiger partial charge in [-0.2, -0.15) is 10.1 Å². The first kappa shape index (κ1) is 10.5. The van der Waals surface area contributed by atoms with Gasteiger partial charge in [-0.1, -0.05) is 6.07 Å². The lowest BCUT2D eigenvalue weighted by Crippen LogP contribution is -1.97. The molecule has 0 atom stereocenters. The lowest BCUT2D eigenvalue weighted by molar-refractivity contribution is 0.912. The number of hydrogen-bond acceptors (Lipinski definition) is 4. The van der Waals surface area contributed by atoms with Crippen LogP contribution in [0.5, 0.6) is 0 Å². The van der Waals surface area contributed by atoms with Gasteiger partial charge < -0.3 is 5.32 Å². The monoisotopic (exact) mass is 246 g/mol. The molecule has 4 nitrogen and oxygen atoms in total. The van der Waals surface area contributed by atoms with E-state index in [-0.39, 0.29) is 5.28 Å². The summed E-state index contributed by atoms with van der Waals surface area (Å²) < 4.78 is 0. The van der Waals surface area contributed by atoms with Gasteiger partial charge in [-0.3, -0.25) is 0 Å². The largest absolute Gasteiger partial charge is 0.339 e. The summed E-state index contributed by atoms with van der Waals surface area (Å²) in [6, 6.07) is 6.39. The first-order valence-electron chi connectivity index (χ1n) is 5.55. The van der Waals surface area contributed by atoms with Crippen molar-refractivity contribution in [3.63, 3.8) is 0 Å². The highest BCUT2D eigenvalue weighted by Crippen LogP contribution is 2.26. The summed E-state index contributed by atoms with van der Waals surface area (Å²) in [5, 5.41) is 10.7. The van der Waals surface area contributed by atoms with Gasteiger partial charge in [0.25, 0.3) is 0 Å². The lowest BCUT2D eigenvalue weighted by atomic mass is 10.1. The SMILES string of the molecule is Clc1nncc(Nc2ccc3c(c2)CCC3)n1. The van der Waals surface area contributed by atoms with Crippen LogP contribution in [0.15, 0.2) is 24.4 Å². The van der Waals surface area contributed by atoms with Crippen LogP contribution in [0.4, 0.5) is 11.5 Å². The van der Waals surface area contributed by atoms with Crippen molar-refractivity contribution in [3.8, 4) is 0 Å². The lowest BCUT2D eigenvalue weighted by Gasteiger charge is -2.07. The first-order chi connectivity index (χ1) is 8.31. The number of fused-ring (bicyclic) bond motifs is 1. The van der Waals surface area contributed by atoms with E-state index >= 15 is 0 Å². The second kappa shape index (κ2) is 4.30. The Balaban J connectivity index is 1.86. The van der Waals surface area contributed by atoms with Crippen molar-refractivity contribution in [2.45, 2.75) is 19.3 Å². The van der Waals surface area contributed by atoms with E-state index in [0.717, 1.165) is 12.1 Å². The standard InChI is InChI=1S/C12H11ClN4/c13-12-16-11(7-14-17-12)15-10-5-4-8-2-1-3-9(8)6-10/h4-7H,1-3H2,(H,15,16,17). The summed E-state index contributed by atoms with van der Waals surface area (Å²) in [5.74, 6) is 0.614. The maximum atomic E-state index is 5.68. The second-order valence-electron chi connectivity index (χ2n) is 4.07. The van der Waals surface area contributed by atoms with E-state index in [2.05, 4.69) is 38.7 Å². The Morgan fingerprint density at radius 3 is 2.94 bits per heavy atom. The Bertz CT molecular complexity index is 556. The van der Waals surface area contributed by atoms with Crippen molar-refractivity contribution < 1.29 is 0 Å². The number of rotatable bonds is 2. The summed E-state index contributed by atoms with van der Waals surface area (Å²) >= 11 is 5.68. The predicted octanol–water partition coefficient (Wildman–Crippen LogP) is 2.76. The molecule has 0 saturated heterocycles. The molecule has 17 heavy (non-hydrogen) atoms. The molecule has 0 spiro atoms. The zero-order valence-electron chi connectivity index (χ0n) is 9.15. The summed E-state index contributed by atoms with van der Waals surface area (Å²) in [5.41, 5.74) is 3.89. The minimum atomic E-state index is 0.149. The number of halogens is 1. The third-order valence-electron chi connectivity index (χ3n) is 2.90. The van der Waals surface area contributed by atoms with Gasteiger partial charge in [0, 0.05) is 5.69 Å². The average Bonchev–Trinajstić information content (AvgIpc) is 2.76. The molecule has 1 aromatic carbocycles. The van der Waals surface area contributed by atoms with Gasteiger partial charge in [0.2, 0.25) is 5.28 Å². The highest BCUT2D eigenvalue weighted by molar-refractivity contribution is 6.28. The van der Waals surface area contributed by atoms with Crippen LogP contribution < -0.4 is 5.32 Å². The molecule has 0 fully saturated rings. The van der Waals surface area contributed by atoms with E-state index in [9.17, 15) is 0 Å². The van der Waals surface area contributed by atoms with E-state index in [0.29, 0.717) is 5.82 Å². The van der Waals surface area contributed by atoms with Gasteiger partial charge in [0.15, 0.2) is 5.82 Å². The Labute approximate surface area is 104 Å². The molecule has 2 aromatic rings. The molecule has 1 aromatic heterocycles. The molecule has 1 aliphatic rings. The number of benzene rings is 1. The first-order valence-corrected chi connectivity index (χ1v) is 5.93. The Hall–Kier alpha value is -1.68. The van der Waals surface area contributed by atoms with Crippen LogP contribution in [0.2, 0.25) is 5.28 Å². The van der Waals surface area contributed by atoms with E-state index in [1.807, 2.05) is 0 Å². The highest BCUT2D eigenvalue weighted by atomic mass is 35.5. The van der Waals surface area contributed by atoms with Gasteiger partial charge in [0.1, 0.15) is 0 Å². The van der Waals surface area contributed by atoms with Gasteiger partial charge in [-0.05, 0) is 54.1 Å². The van der Waals surface area contributed by atoms with Crippen molar-refractivity contribution in [2.24, 2.45) is 0 Å². The molecule has 0 radical (unpaired) electrons. The molecular formula is C12H11ClN4. The minimum absolute atomic E-state index is 0.149. The number of aryl methyl sites for hydroxylation is 2. The van der Waals surface area contributed by atoms with Crippen molar-refractivity contribution in [1.82, 2.24) is 15.2 Å². The average molecular weight is 247 g/mol. The molecule has 3 rings (SSSR count). The van der Waals surface area contributed by atoms with Crippen molar-refractivity contribution in [2.75, 3.05) is 5.32 Å². The third-order valence-corrected chi connectivity index (χ3v) is 3.06. The fourth-order valence-electron chi connectivity index (χ4n) is 2.14. The van der Waals surface area contributed by atoms with Crippen LogP contribution in [0.3, 0.4) is 0 Å². The van der Waals surface area contributed by atoms with Crippen LogP contribution in [0.25, 0.3) is 0 Å². The van der Waals surface area contributed by atoms with Crippen molar-refractivity contribution >= 4 is 23.1 Å². The maximum absolute atomic E-state index is 5.68. The van der Waals surface area contributed by atoms with Crippen LogP contribution in [-0.4, -0.2) is 15.2 Å². The van der Waals surface area contributed by atoms with E-state index < -0.39 is 0 Å². The van der Waals surface area contributed by atoms with Crippen molar-refractivity contribution in [3.05, 3.63) is 40.8 Å². The quantitative estimate of drug-likeness (QED) is 0.885.